The first kappa shape index (κ1) is 12.1. The van der Waals surface area contributed by atoms with Crippen LogP contribution in [0, 0.1) is 0 Å². The molecule has 1 atom stereocenters. The smallest absolute Gasteiger partial charge is 0.256 e. The highest BCUT2D eigenvalue weighted by molar-refractivity contribution is 6.05. The van der Waals surface area contributed by atoms with Crippen molar-refractivity contribution in [1.29, 1.82) is 0 Å². The topological polar surface area (TPSA) is 71.3 Å². The zero-order chi connectivity index (χ0) is 14.2. The standard InChI is InChI=1S/C15H15N5O/c21-14-13(18-15(19-14)17-11-6-7-11)10-8-16-20(9-10)12-4-2-1-3-5-12/h1-5,8-9,11,13H,6-7H2,(H2,17,18,19,21). The summed E-state index contributed by atoms with van der Waals surface area (Å²) in [5, 5.41) is 10.3. The fraction of sp³-hybridized carbons (Fsp3) is 0.267. The van der Waals surface area contributed by atoms with Gasteiger partial charge >= 0.3 is 0 Å². The van der Waals surface area contributed by atoms with Crippen molar-refractivity contribution in [3.05, 3.63) is 48.3 Å². The molecule has 1 aliphatic heterocycles. The van der Waals surface area contributed by atoms with Crippen LogP contribution in [0.1, 0.15) is 24.4 Å². The summed E-state index contributed by atoms with van der Waals surface area (Å²) < 4.78 is 1.75. The van der Waals surface area contributed by atoms with Gasteiger partial charge in [-0.15, -0.1) is 0 Å². The monoisotopic (exact) mass is 281 g/mol. The van der Waals surface area contributed by atoms with Crippen LogP contribution in [-0.2, 0) is 4.79 Å². The van der Waals surface area contributed by atoms with Crippen LogP contribution < -0.4 is 10.6 Å². The molecule has 0 saturated heterocycles. The molecule has 1 aromatic heterocycles. The van der Waals surface area contributed by atoms with Crippen molar-refractivity contribution in [3.8, 4) is 5.69 Å². The fourth-order valence-electron chi connectivity index (χ4n) is 2.33. The number of nitrogens with zero attached hydrogens (tertiary/aromatic N) is 3. The molecule has 0 radical (unpaired) electrons. The second kappa shape index (κ2) is 4.73. The van der Waals surface area contributed by atoms with E-state index in [0.717, 1.165) is 24.1 Å². The molecule has 1 fully saturated rings. The summed E-state index contributed by atoms with van der Waals surface area (Å²) in [6.07, 6.45) is 5.83. The molecule has 1 saturated carbocycles. The van der Waals surface area contributed by atoms with Gasteiger partial charge in [0.2, 0.25) is 0 Å². The van der Waals surface area contributed by atoms with Gasteiger partial charge in [-0.25, -0.2) is 9.67 Å². The number of aliphatic imine (C=N–C) groups is 1. The largest absolute Gasteiger partial charge is 0.353 e. The molecule has 2 heterocycles. The Balaban J connectivity index is 1.57. The highest BCUT2D eigenvalue weighted by Crippen LogP contribution is 2.23. The summed E-state index contributed by atoms with van der Waals surface area (Å²) in [6.45, 7) is 0. The van der Waals surface area contributed by atoms with E-state index in [4.69, 9.17) is 0 Å². The quantitative estimate of drug-likeness (QED) is 0.886. The lowest BCUT2D eigenvalue weighted by Crippen LogP contribution is -2.37. The number of carbonyl (C=O) groups is 1. The molecule has 4 rings (SSSR count). The van der Waals surface area contributed by atoms with E-state index in [2.05, 4.69) is 20.7 Å². The van der Waals surface area contributed by atoms with Crippen LogP contribution in [0.2, 0.25) is 0 Å². The molecular formula is C15H15N5O. The minimum absolute atomic E-state index is 0.106. The predicted octanol–water partition coefficient (Wildman–Crippen LogP) is 1.15. The van der Waals surface area contributed by atoms with E-state index in [-0.39, 0.29) is 5.91 Å². The van der Waals surface area contributed by atoms with Gasteiger partial charge in [-0.3, -0.25) is 10.1 Å². The molecule has 2 aromatic rings. The zero-order valence-corrected chi connectivity index (χ0v) is 11.4. The Bertz CT molecular complexity index is 702. The van der Waals surface area contributed by atoms with Crippen molar-refractivity contribution in [1.82, 2.24) is 20.4 Å². The van der Waals surface area contributed by atoms with Gasteiger partial charge in [0.1, 0.15) is 0 Å². The van der Waals surface area contributed by atoms with Crippen LogP contribution in [0.25, 0.3) is 5.69 Å². The maximum Gasteiger partial charge on any atom is 0.256 e. The van der Waals surface area contributed by atoms with Crippen molar-refractivity contribution < 1.29 is 4.79 Å². The molecule has 1 aliphatic carbocycles. The molecule has 6 heteroatoms. The van der Waals surface area contributed by atoms with Crippen molar-refractivity contribution in [2.45, 2.75) is 24.9 Å². The van der Waals surface area contributed by atoms with E-state index in [9.17, 15) is 4.79 Å². The van der Waals surface area contributed by atoms with Gasteiger partial charge in [-0.2, -0.15) is 5.10 Å². The van der Waals surface area contributed by atoms with Gasteiger partial charge in [0.05, 0.1) is 11.9 Å². The Morgan fingerprint density at radius 3 is 2.81 bits per heavy atom. The van der Waals surface area contributed by atoms with Crippen LogP contribution in [0.3, 0.4) is 0 Å². The normalized spacial score (nSPS) is 21.0. The third-order valence-electron chi connectivity index (χ3n) is 3.61. The number of nitrogens with one attached hydrogen (secondary N) is 2. The first-order chi connectivity index (χ1) is 10.3. The number of para-hydroxylation sites is 1. The Kier molecular flexibility index (Phi) is 2.73. The number of hydrogen-bond donors (Lipinski definition) is 2. The molecule has 106 valence electrons. The molecule has 2 N–H and O–H groups in total. The number of guanidine groups is 1. The van der Waals surface area contributed by atoms with E-state index < -0.39 is 6.04 Å². The Hall–Kier alpha value is -2.63. The molecule has 0 bridgehead atoms. The second-order valence-electron chi connectivity index (χ2n) is 5.34. The summed E-state index contributed by atoms with van der Waals surface area (Å²) in [4.78, 5) is 16.4. The Morgan fingerprint density at radius 1 is 1.24 bits per heavy atom. The van der Waals surface area contributed by atoms with Crippen molar-refractivity contribution in [2.24, 2.45) is 4.99 Å². The van der Waals surface area contributed by atoms with Crippen molar-refractivity contribution in [2.75, 3.05) is 0 Å². The fourth-order valence-corrected chi connectivity index (χ4v) is 2.33. The van der Waals surface area contributed by atoms with Crippen LogP contribution in [0.5, 0.6) is 0 Å². The highest BCUT2D eigenvalue weighted by atomic mass is 16.2. The van der Waals surface area contributed by atoms with Gasteiger partial charge in [-0.05, 0) is 25.0 Å². The summed E-state index contributed by atoms with van der Waals surface area (Å²) in [6, 6.07) is 9.75. The number of benzene rings is 1. The lowest BCUT2D eigenvalue weighted by molar-refractivity contribution is -0.120. The molecular weight excluding hydrogens is 266 g/mol. The Labute approximate surface area is 121 Å². The van der Waals surface area contributed by atoms with E-state index in [1.54, 1.807) is 10.9 Å². The van der Waals surface area contributed by atoms with E-state index in [1.807, 2.05) is 36.5 Å². The molecule has 1 unspecified atom stereocenters. The first-order valence-corrected chi connectivity index (χ1v) is 7.05. The number of rotatable bonds is 3. The maximum absolute atomic E-state index is 12.0. The summed E-state index contributed by atoms with van der Waals surface area (Å²) >= 11 is 0. The highest BCUT2D eigenvalue weighted by Gasteiger charge is 2.32. The molecule has 2 aliphatic rings. The predicted molar refractivity (Wildman–Crippen MR) is 78.0 cm³/mol. The number of amides is 1. The molecule has 0 spiro atoms. The van der Waals surface area contributed by atoms with Crippen LogP contribution in [0.15, 0.2) is 47.7 Å². The van der Waals surface area contributed by atoms with Crippen LogP contribution in [0.4, 0.5) is 0 Å². The Morgan fingerprint density at radius 2 is 2.05 bits per heavy atom. The lowest BCUT2D eigenvalue weighted by Gasteiger charge is -2.01. The third kappa shape index (κ3) is 2.40. The second-order valence-corrected chi connectivity index (χ2v) is 5.34. The van der Waals surface area contributed by atoms with Gasteiger partial charge in [0.15, 0.2) is 12.0 Å². The zero-order valence-electron chi connectivity index (χ0n) is 11.4. The van der Waals surface area contributed by atoms with Crippen molar-refractivity contribution in [3.63, 3.8) is 0 Å². The van der Waals surface area contributed by atoms with E-state index >= 15 is 0 Å². The van der Waals surface area contributed by atoms with Gasteiger partial charge in [0, 0.05) is 17.8 Å². The summed E-state index contributed by atoms with van der Waals surface area (Å²) in [5.41, 5.74) is 1.76. The first-order valence-electron chi connectivity index (χ1n) is 7.05. The average Bonchev–Trinajstić information content (AvgIpc) is 3.05. The molecule has 1 aromatic carbocycles. The van der Waals surface area contributed by atoms with Gasteiger partial charge in [0.25, 0.3) is 5.91 Å². The minimum Gasteiger partial charge on any atom is -0.353 e. The maximum atomic E-state index is 12.0. The minimum atomic E-state index is -0.510. The summed E-state index contributed by atoms with van der Waals surface area (Å²) in [7, 11) is 0. The number of hydrogen-bond acceptors (Lipinski definition) is 4. The number of aromatic nitrogens is 2. The molecule has 6 nitrogen and oxygen atoms in total. The van der Waals surface area contributed by atoms with Crippen molar-refractivity contribution >= 4 is 11.9 Å². The van der Waals surface area contributed by atoms with E-state index in [1.165, 1.54) is 0 Å². The van der Waals surface area contributed by atoms with Crippen LogP contribution in [-0.4, -0.2) is 27.7 Å². The SMILES string of the molecule is O=C1NC(NC2CC2)=NC1c1cnn(-c2ccccc2)c1. The van der Waals surface area contributed by atoms with Crippen LogP contribution >= 0.6 is 0 Å². The average molecular weight is 281 g/mol. The van der Waals surface area contributed by atoms with Gasteiger partial charge in [-0.1, -0.05) is 18.2 Å². The number of carbonyl (C=O) groups excluding carboxylic acids is 1. The molecule has 21 heavy (non-hydrogen) atoms. The van der Waals surface area contributed by atoms with Gasteiger partial charge < -0.3 is 5.32 Å². The third-order valence-corrected chi connectivity index (χ3v) is 3.61. The molecule has 1 amide bonds. The van der Waals surface area contributed by atoms with E-state index in [0.29, 0.717) is 12.0 Å². The summed E-state index contributed by atoms with van der Waals surface area (Å²) in [5.74, 6) is 0.478. The lowest BCUT2D eigenvalue weighted by atomic mass is 10.2.